The Labute approximate surface area is 192 Å². The first kappa shape index (κ1) is 21.0. The summed E-state index contributed by atoms with van der Waals surface area (Å²) in [6.07, 6.45) is 0. The maximum atomic E-state index is 13.6. The highest BCUT2D eigenvalue weighted by Crippen LogP contribution is 2.31. The molecule has 6 heteroatoms. The van der Waals surface area contributed by atoms with Crippen LogP contribution in [0.4, 0.5) is 5.69 Å². The van der Waals surface area contributed by atoms with Crippen LogP contribution in [0.1, 0.15) is 0 Å². The molecule has 5 rings (SSSR count). The molecular formula is C27H22N2O3S. The number of para-hydroxylation sites is 1. The number of hydrogen-bond acceptors (Lipinski definition) is 4. The van der Waals surface area contributed by atoms with Crippen molar-refractivity contribution >= 4 is 37.5 Å². The van der Waals surface area contributed by atoms with Crippen LogP contribution in [0, 0.1) is 0 Å². The maximum absolute atomic E-state index is 13.6. The third-order valence-corrected chi connectivity index (χ3v) is 6.88. The number of nitrogens with zero attached hydrogens (tertiary/aromatic N) is 2. The second-order valence-corrected chi connectivity index (χ2v) is 9.53. The fraction of sp³-hybridized carbons (Fsp3) is 0.0741. The van der Waals surface area contributed by atoms with E-state index in [9.17, 15) is 8.42 Å². The molecule has 0 spiro atoms. The molecule has 0 bridgehead atoms. The third-order valence-electron chi connectivity index (χ3n) is 5.56. The van der Waals surface area contributed by atoms with Gasteiger partial charge in [-0.2, -0.15) is 8.42 Å². The van der Waals surface area contributed by atoms with Crippen LogP contribution in [-0.4, -0.2) is 22.5 Å². The van der Waals surface area contributed by atoms with E-state index in [4.69, 9.17) is 4.42 Å². The highest BCUT2D eigenvalue weighted by molar-refractivity contribution is 7.90. The molecule has 0 N–H and O–H groups in total. The van der Waals surface area contributed by atoms with E-state index in [1.165, 1.54) is 0 Å². The first-order chi connectivity index (χ1) is 15.9. The summed E-state index contributed by atoms with van der Waals surface area (Å²) in [6, 6.07) is 29.8. The smallest absolute Gasteiger partial charge is 0.286 e. The van der Waals surface area contributed by atoms with E-state index in [-0.39, 0.29) is 10.4 Å². The summed E-state index contributed by atoms with van der Waals surface area (Å²) in [7, 11) is -0.207. The summed E-state index contributed by atoms with van der Waals surface area (Å²) in [6.45, 7) is 0. The number of anilines is 1. The predicted molar refractivity (Wildman–Crippen MR) is 133 cm³/mol. The van der Waals surface area contributed by atoms with Crippen molar-refractivity contribution in [2.45, 2.75) is 4.90 Å². The van der Waals surface area contributed by atoms with E-state index in [0.717, 1.165) is 22.0 Å². The largest absolute Gasteiger partial charge is 0.437 e. The van der Waals surface area contributed by atoms with E-state index in [1.807, 2.05) is 91.8 Å². The zero-order valence-corrected chi connectivity index (χ0v) is 19.1. The highest BCUT2D eigenvalue weighted by Gasteiger charge is 2.19. The molecule has 5 nitrogen and oxygen atoms in total. The van der Waals surface area contributed by atoms with Gasteiger partial charge in [-0.15, -0.1) is 4.40 Å². The molecule has 0 fully saturated rings. The minimum atomic E-state index is -4.07. The Bertz CT molecular complexity index is 1650. The van der Waals surface area contributed by atoms with Gasteiger partial charge in [0.2, 0.25) is 5.55 Å². The molecule has 0 aliphatic carbocycles. The van der Waals surface area contributed by atoms with E-state index in [1.54, 1.807) is 24.3 Å². The summed E-state index contributed by atoms with van der Waals surface area (Å²) in [5, 5.41) is 2.33. The molecule has 0 aliphatic heterocycles. The summed E-state index contributed by atoms with van der Waals surface area (Å²) in [4.78, 5) is 2.10. The van der Waals surface area contributed by atoms with Gasteiger partial charge in [0, 0.05) is 41.5 Å². The van der Waals surface area contributed by atoms with Crippen molar-refractivity contribution in [2.75, 3.05) is 19.0 Å². The minimum Gasteiger partial charge on any atom is -0.437 e. The molecular weight excluding hydrogens is 432 g/mol. The molecule has 0 saturated carbocycles. The summed E-state index contributed by atoms with van der Waals surface area (Å²) < 4.78 is 37.4. The Morgan fingerprint density at radius 2 is 1.45 bits per heavy atom. The number of hydrogen-bond donors (Lipinski definition) is 0. The Balaban J connectivity index is 1.79. The van der Waals surface area contributed by atoms with Gasteiger partial charge in [0.1, 0.15) is 5.58 Å². The van der Waals surface area contributed by atoms with Gasteiger partial charge >= 0.3 is 0 Å². The van der Waals surface area contributed by atoms with Crippen molar-refractivity contribution in [3.8, 4) is 11.1 Å². The SMILES string of the molecule is CN(C)c1cccc2c(S(=O)(=O)/N=c3\oc4ccccc4cc3-c3ccccc3)cccc12. The maximum Gasteiger partial charge on any atom is 0.286 e. The third kappa shape index (κ3) is 3.90. The van der Waals surface area contributed by atoms with Gasteiger partial charge in [0.25, 0.3) is 10.0 Å². The van der Waals surface area contributed by atoms with Gasteiger partial charge in [0.15, 0.2) is 0 Å². The lowest BCUT2D eigenvalue weighted by Crippen LogP contribution is -2.12. The second kappa shape index (κ2) is 8.22. The lowest BCUT2D eigenvalue weighted by Gasteiger charge is -2.16. The number of rotatable bonds is 4. The number of sulfonamides is 1. The summed E-state index contributed by atoms with van der Waals surface area (Å²) >= 11 is 0. The predicted octanol–water partition coefficient (Wildman–Crippen LogP) is 5.61. The zero-order valence-electron chi connectivity index (χ0n) is 18.3. The van der Waals surface area contributed by atoms with Crippen molar-refractivity contribution in [2.24, 2.45) is 4.40 Å². The molecule has 4 aromatic carbocycles. The van der Waals surface area contributed by atoms with Crippen LogP contribution in [0.15, 0.2) is 111 Å². The molecule has 0 amide bonds. The van der Waals surface area contributed by atoms with Gasteiger partial charge in [-0.3, -0.25) is 0 Å². The Morgan fingerprint density at radius 3 is 2.24 bits per heavy atom. The summed E-state index contributed by atoms with van der Waals surface area (Å²) in [5.74, 6) is 0. The van der Waals surface area contributed by atoms with Crippen molar-refractivity contribution in [3.05, 3.63) is 103 Å². The quantitative estimate of drug-likeness (QED) is 0.354. The van der Waals surface area contributed by atoms with Crippen molar-refractivity contribution < 1.29 is 12.8 Å². The number of fused-ring (bicyclic) bond motifs is 2. The van der Waals surface area contributed by atoms with Crippen LogP contribution in [0.3, 0.4) is 0 Å². The molecule has 0 unspecified atom stereocenters. The average molecular weight is 455 g/mol. The van der Waals surface area contributed by atoms with Gasteiger partial charge < -0.3 is 9.32 Å². The van der Waals surface area contributed by atoms with Crippen LogP contribution >= 0.6 is 0 Å². The molecule has 5 aromatic rings. The van der Waals surface area contributed by atoms with Crippen LogP contribution < -0.4 is 10.5 Å². The molecule has 0 saturated heterocycles. The van der Waals surface area contributed by atoms with E-state index < -0.39 is 10.0 Å². The molecule has 0 aliphatic rings. The fourth-order valence-electron chi connectivity index (χ4n) is 4.00. The Kier molecular flexibility index (Phi) is 5.23. The van der Waals surface area contributed by atoms with Gasteiger partial charge in [0.05, 0.1) is 4.90 Å². The molecule has 0 atom stereocenters. The highest BCUT2D eigenvalue weighted by atomic mass is 32.2. The van der Waals surface area contributed by atoms with E-state index >= 15 is 0 Å². The van der Waals surface area contributed by atoms with Gasteiger partial charge in [-0.1, -0.05) is 72.8 Å². The Hall–Kier alpha value is -3.90. The molecule has 1 aromatic heterocycles. The molecule has 1 heterocycles. The first-order valence-electron chi connectivity index (χ1n) is 10.5. The topological polar surface area (TPSA) is 62.9 Å². The normalized spacial score (nSPS) is 12.4. The van der Waals surface area contributed by atoms with Gasteiger partial charge in [-0.05, 0) is 29.8 Å². The minimum absolute atomic E-state index is 0.0562. The molecule has 0 radical (unpaired) electrons. The second-order valence-electron chi connectivity index (χ2n) is 7.96. The average Bonchev–Trinajstić information content (AvgIpc) is 2.83. The Morgan fingerprint density at radius 1 is 0.758 bits per heavy atom. The molecule has 164 valence electrons. The lowest BCUT2D eigenvalue weighted by atomic mass is 10.1. The number of benzene rings is 4. The van der Waals surface area contributed by atoms with Crippen LogP contribution in [0.25, 0.3) is 32.9 Å². The zero-order chi connectivity index (χ0) is 23.0. The lowest BCUT2D eigenvalue weighted by molar-refractivity contribution is 0.543. The fourth-order valence-corrected chi connectivity index (χ4v) is 5.16. The van der Waals surface area contributed by atoms with Crippen LogP contribution in [0.5, 0.6) is 0 Å². The van der Waals surface area contributed by atoms with Crippen LogP contribution in [-0.2, 0) is 10.0 Å². The first-order valence-corrected chi connectivity index (χ1v) is 12.0. The van der Waals surface area contributed by atoms with E-state index in [0.29, 0.717) is 16.5 Å². The summed E-state index contributed by atoms with van der Waals surface area (Å²) in [5.41, 5.74) is 3.00. The standard InChI is InChI=1S/C27H22N2O3S/c1-29(2)24-15-8-14-22-21(24)13-9-17-26(22)33(30,31)28-27-23(19-10-4-3-5-11-19)18-20-12-6-7-16-25(20)32-27/h3-18H,1-2H3/b28-27-. The van der Waals surface area contributed by atoms with Gasteiger partial charge in [-0.25, -0.2) is 0 Å². The van der Waals surface area contributed by atoms with Crippen LogP contribution in [0.2, 0.25) is 0 Å². The van der Waals surface area contributed by atoms with Crippen molar-refractivity contribution in [1.29, 1.82) is 0 Å². The van der Waals surface area contributed by atoms with Crippen molar-refractivity contribution in [3.63, 3.8) is 0 Å². The van der Waals surface area contributed by atoms with E-state index in [2.05, 4.69) is 4.40 Å². The monoisotopic (exact) mass is 454 g/mol. The molecule has 33 heavy (non-hydrogen) atoms. The van der Waals surface area contributed by atoms with Crippen molar-refractivity contribution in [1.82, 2.24) is 0 Å².